The van der Waals surface area contributed by atoms with E-state index in [0.717, 1.165) is 24.3 Å². The molecular weight excluding hydrogens is 328 g/mol. The predicted octanol–water partition coefficient (Wildman–Crippen LogP) is 3.22. The molecule has 0 saturated carbocycles. The van der Waals surface area contributed by atoms with Gasteiger partial charge in [-0.15, -0.1) is 0 Å². The van der Waals surface area contributed by atoms with Crippen molar-refractivity contribution < 1.29 is 9.53 Å². The lowest BCUT2D eigenvalue weighted by Gasteiger charge is -2.10. The molecule has 0 radical (unpaired) electrons. The molecule has 0 bridgehead atoms. The Labute approximate surface area is 155 Å². The van der Waals surface area contributed by atoms with Gasteiger partial charge in [-0.05, 0) is 49.4 Å². The Morgan fingerprint density at radius 3 is 2.54 bits per heavy atom. The van der Waals surface area contributed by atoms with Gasteiger partial charge in [0.25, 0.3) is 5.91 Å². The maximum Gasteiger partial charge on any atom is 0.270 e. The molecule has 2 aromatic rings. The zero-order valence-corrected chi connectivity index (χ0v) is 16.0. The van der Waals surface area contributed by atoms with Gasteiger partial charge in [-0.25, -0.2) is 9.97 Å². The summed E-state index contributed by atoms with van der Waals surface area (Å²) in [5.74, 6) is 1.72. The third-order valence-electron chi connectivity index (χ3n) is 3.95. The molecule has 1 amide bonds. The van der Waals surface area contributed by atoms with Crippen molar-refractivity contribution in [2.24, 2.45) is 5.92 Å². The van der Waals surface area contributed by atoms with Crippen LogP contribution >= 0.6 is 0 Å². The second-order valence-corrected chi connectivity index (χ2v) is 6.68. The van der Waals surface area contributed by atoms with Crippen LogP contribution in [-0.4, -0.2) is 36.1 Å². The summed E-state index contributed by atoms with van der Waals surface area (Å²) >= 11 is 0. The lowest BCUT2D eigenvalue weighted by Crippen LogP contribution is -2.26. The number of anilines is 1. The maximum atomic E-state index is 12.2. The Morgan fingerprint density at radius 1 is 1.15 bits per heavy atom. The third-order valence-corrected chi connectivity index (χ3v) is 3.95. The van der Waals surface area contributed by atoms with Crippen molar-refractivity contribution in [2.45, 2.75) is 33.6 Å². The summed E-state index contributed by atoms with van der Waals surface area (Å²) in [6.45, 7) is 7.46. The summed E-state index contributed by atoms with van der Waals surface area (Å²) in [4.78, 5) is 20.9. The van der Waals surface area contributed by atoms with Crippen molar-refractivity contribution >= 4 is 11.9 Å². The number of carbonyl (C=O) groups is 1. The number of nitrogens with one attached hydrogen (secondary N) is 2. The van der Waals surface area contributed by atoms with Crippen LogP contribution in [0.25, 0.3) is 0 Å². The number of aromatic nitrogens is 2. The largest absolute Gasteiger partial charge is 0.497 e. The third kappa shape index (κ3) is 6.35. The van der Waals surface area contributed by atoms with Crippen molar-refractivity contribution in [3.8, 4) is 5.75 Å². The second kappa shape index (κ2) is 9.75. The van der Waals surface area contributed by atoms with Gasteiger partial charge in [0.2, 0.25) is 5.95 Å². The van der Waals surface area contributed by atoms with E-state index in [0.29, 0.717) is 30.6 Å². The molecule has 0 spiro atoms. The van der Waals surface area contributed by atoms with Gasteiger partial charge in [-0.2, -0.15) is 0 Å². The SMILES string of the molecule is COc1ccc(CCNc2nc(C)cc(C(=O)NCCC(C)C)n2)cc1. The van der Waals surface area contributed by atoms with Crippen molar-refractivity contribution in [3.63, 3.8) is 0 Å². The number of aryl methyl sites for hydroxylation is 1. The van der Waals surface area contributed by atoms with E-state index < -0.39 is 0 Å². The van der Waals surface area contributed by atoms with Crippen molar-refractivity contribution in [2.75, 3.05) is 25.5 Å². The van der Waals surface area contributed by atoms with Crippen LogP contribution < -0.4 is 15.4 Å². The molecule has 0 aliphatic rings. The van der Waals surface area contributed by atoms with Crippen molar-refractivity contribution in [1.82, 2.24) is 15.3 Å². The first-order valence-electron chi connectivity index (χ1n) is 8.98. The molecule has 1 aromatic carbocycles. The first kappa shape index (κ1) is 19.7. The Kier molecular flexibility index (Phi) is 7.38. The van der Waals surface area contributed by atoms with E-state index in [2.05, 4.69) is 34.4 Å². The minimum absolute atomic E-state index is 0.158. The molecule has 0 aliphatic heterocycles. The van der Waals surface area contributed by atoms with Gasteiger partial charge in [0, 0.05) is 18.8 Å². The number of amides is 1. The second-order valence-electron chi connectivity index (χ2n) is 6.68. The number of rotatable bonds is 9. The molecule has 0 fully saturated rings. The van der Waals surface area contributed by atoms with E-state index in [1.807, 2.05) is 31.2 Å². The molecule has 1 aromatic heterocycles. The summed E-state index contributed by atoms with van der Waals surface area (Å²) in [5.41, 5.74) is 2.35. The highest BCUT2D eigenvalue weighted by Gasteiger charge is 2.10. The average molecular weight is 356 g/mol. The maximum absolute atomic E-state index is 12.2. The number of hydrogen-bond donors (Lipinski definition) is 2. The van der Waals surface area contributed by atoms with Gasteiger partial charge in [-0.3, -0.25) is 4.79 Å². The topological polar surface area (TPSA) is 76.1 Å². The monoisotopic (exact) mass is 356 g/mol. The van der Waals surface area contributed by atoms with Crippen LogP contribution in [0.3, 0.4) is 0 Å². The van der Waals surface area contributed by atoms with Crippen LogP contribution in [0.1, 0.15) is 42.0 Å². The van der Waals surface area contributed by atoms with Crippen LogP contribution in [0, 0.1) is 12.8 Å². The lowest BCUT2D eigenvalue weighted by molar-refractivity contribution is 0.0947. The molecule has 0 atom stereocenters. The lowest BCUT2D eigenvalue weighted by atomic mass is 10.1. The number of carbonyl (C=O) groups excluding carboxylic acids is 1. The van der Waals surface area contributed by atoms with Gasteiger partial charge < -0.3 is 15.4 Å². The normalized spacial score (nSPS) is 10.7. The summed E-state index contributed by atoms with van der Waals surface area (Å²) in [5, 5.41) is 6.11. The zero-order valence-electron chi connectivity index (χ0n) is 16.0. The Morgan fingerprint density at radius 2 is 1.88 bits per heavy atom. The molecule has 6 nitrogen and oxygen atoms in total. The number of ether oxygens (including phenoxy) is 1. The molecule has 26 heavy (non-hydrogen) atoms. The Balaban J connectivity index is 1.90. The minimum Gasteiger partial charge on any atom is -0.497 e. The van der Waals surface area contributed by atoms with E-state index in [1.54, 1.807) is 13.2 Å². The van der Waals surface area contributed by atoms with Crippen LogP contribution in [-0.2, 0) is 6.42 Å². The van der Waals surface area contributed by atoms with Gasteiger partial charge in [-0.1, -0.05) is 26.0 Å². The first-order valence-corrected chi connectivity index (χ1v) is 8.98. The number of benzene rings is 1. The fraction of sp³-hybridized carbons (Fsp3) is 0.450. The quantitative estimate of drug-likeness (QED) is 0.721. The van der Waals surface area contributed by atoms with Crippen LogP contribution in [0.5, 0.6) is 5.75 Å². The van der Waals surface area contributed by atoms with Gasteiger partial charge in [0.1, 0.15) is 11.4 Å². The molecule has 1 heterocycles. The van der Waals surface area contributed by atoms with E-state index in [1.165, 1.54) is 5.56 Å². The number of nitrogens with zero attached hydrogens (tertiary/aromatic N) is 2. The molecule has 0 saturated heterocycles. The standard InChI is InChI=1S/C20H28N4O2/c1-14(2)9-11-21-19(25)18-13-15(3)23-20(24-18)22-12-10-16-5-7-17(26-4)8-6-16/h5-8,13-14H,9-12H2,1-4H3,(H,21,25)(H,22,23,24). The molecule has 0 aliphatic carbocycles. The smallest absolute Gasteiger partial charge is 0.270 e. The summed E-state index contributed by atoms with van der Waals surface area (Å²) in [6, 6.07) is 9.66. The predicted molar refractivity (Wildman–Crippen MR) is 104 cm³/mol. The summed E-state index contributed by atoms with van der Waals surface area (Å²) < 4.78 is 5.16. The highest BCUT2D eigenvalue weighted by Crippen LogP contribution is 2.12. The molecule has 140 valence electrons. The Bertz CT molecular complexity index is 714. The van der Waals surface area contributed by atoms with Crippen LogP contribution in [0.4, 0.5) is 5.95 Å². The van der Waals surface area contributed by atoms with Gasteiger partial charge in [0.15, 0.2) is 0 Å². The summed E-state index contributed by atoms with van der Waals surface area (Å²) in [7, 11) is 1.65. The number of hydrogen-bond acceptors (Lipinski definition) is 5. The fourth-order valence-corrected chi connectivity index (χ4v) is 2.44. The minimum atomic E-state index is -0.158. The molecule has 0 unspecified atom stereocenters. The average Bonchev–Trinajstić information content (AvgIpc) is 2.61. The summed E-state index contributed by atoms with van der Waals surface area (Å²) in [6.07, 6.45) is 1.78. The van der Waals surface area contributed by atoms with Crippen molar-refractivity contribution in [1.29, 1.82) is 0 Å². The fourth-order valence-electron chi connectivity index (χ4n) is 2.44. The Hall–Kier alpha value is -2.63. The van der Waals surface area contributed by atoms with Gasteiger partial charge in [0.05, 0.1) is 7.11 Å². The van der Waals surface area contributed by atoms with E-state index in [9.17, 15) is 4.79 Å². The zero-order chi connectivity index (χ0) is 18.9. The highest BCUT2D eigenvalue weighted by molar-refractivity contribution is 5.92. The van der Waals surface area contributed by atoms with Crippen molar-refractivity contribution in [3.05, 3.63) is 47.3 Å². The highest BCUT2D eigenvalue weighted by atomic mass is 16.5. The molecule has 2 N–H and O–H groups in total. The molecule has 6 heteroatoms. The molecular formula is C20H28N4O2. The van der Waals surface area contributed by atoms with Gasteiger partial charge >= 0.3 is 0 Å². The molecule has 2 rings (SSSR count). The van der Waals surface area contributed by atoms with E-state index >= 15 is 0 Å². The van der Waals surface area contributed by atoms with Crippen LogP contribution in [0.15, 0.2) is 30.3 Å². The van der Waals surface area contributed by atoms with E-state index in [4.69, 9.17) is 4.74 Å². The number of methoxy groups -OCH3 is 1. The van der Waals surface area contributed by atoms with Crippen LogP contribution in [0.2, 0.25) is 0 Å². The first-order chi connectivity index (χ1) is 12.5. The van der Waals surface area contributed by atoms with E-state index in [-0.39, 0.29) is 5.91 Å².